The summed E-state index contributed by atoms with van der Waals surface area (Å²) in [6, 6.07) is 0.876. The second-order valence-electron chi connectivity index (χ2n) is 4.60. The summed E-state index contributed by atoms with van der Waals surface area (Å²) in [7, 11) is 0. The monoisotopic (exact) mass is 197 g/mol. The molecule has 1 aliphatic carbocycles. The highest BCUT2D eigenvalue weighted by atomic mass is 15.2. The Morgan fingerprint density at radius 1 is 1.14 bits per heavy atom. The van der Waals surface area contributed by atoms with Gasteiger partial charge in [0.1, 0.15) is 0 Å². The molecule has 0 radical (unpaired) electrons. The van der Waals surface area contributed by atoms with Crippen LogP contribution in [0.25, 0.3) is 0 Å². The van der Waals surface area contributed by atoms with Crippen LogP contribution in [0, 0.1) is 0 Å². The Hall–Kier alpha value is -0.120. The molecule has 1 heterocycles. The number of rotatable bonds is 6. The van der Waals surface area contributed by atoms with Crippen LogP contribution in [0.5, 0.6) is 0 Å². The first kappa shape index (κ1) is 10.4. The lowest BCUT2D eigenvalue weighted by Crippen LogP contribution is -2.38. The SMILES string of the molecule is NCCN(CCN1CCCC1)C1CC1. The maximum atomic E-state index is 5.62. The third kappa shape index (κ3) is 2.94. The average Bonchev–Trinajstić information content (AvgIpc) is 2.90. The highest BCUT2D eigenvalue weighted by molar-refractivity contribution is 4.85. The normalized spacial score (nSPS) is 23.6. The predicted octanol–water partition coefficient (Wildman–Crippen LogP) is 0.505. The molecule has 0 aromatic rings. The Morgan fingerprint density at radius 2 is 1.86 bits per heavy atom. The van der Waals surface area contributed by atoms with E-state index in [-0.39, 0.29) is 0 Å². The lowest BCUT2D eigenvalue weighted by atomic mass is 10.4. The molecule has 2 aliphatic rings. The van der Waals surface area contributed by atoms with Crippen LogP contribution in [0.1, 0.15) is 25.7 Å². The summed E-state index contributed by atoms with van der Waals surface area (Å²) in [4.78, 5) is 5.17. The van der Waals surface area contributed by atoms with Gasteiger partial charge in [-0.1, -0.05) is 0 Å². The lowest BCUT2D eigenvalue weighted by molar-refractivity contribution is 0.222. The van der Waals surface area contributed by atoms with Crippen molar-refractivity contribution < 1.29 is 0 Å². The number of nitrogens with two attached hydrogens (primary N) is 1. The Balaban J connectivity index is 1.65. The second-order valence-corrected chi connectivity index (χ2v) is 4.60. The molecular weight excluding hydrogens is 174 g/mol. The van der Waals surface area contributed by atoms with Crippen molar-refractivity contribution in [1.29, 1.82) is 0 Å². The van der Waals surface area contributed by atoms with Gasteiger partial charge in [0.15, 0.2) is 0 Å². The van der Waals surface area contributed by atoms with E-state index in [1.54, 1.807) is 0 Å². The van der Waals surface area contributed by atoms with E-state index in [4.69, 9.17) is 5.73 Å². The van der Waals surface area contributed by atoms with Gasteiger partial charge >= 0.3 is 0 Å². The van der Waals surface area contributed by atoms with E-state index in [9.17, 15) is 0 Å². The first-order valence-electron chi connectivity index (χ1n) is 6.06. The maximum Gasteiger partial charge on any atom is 0.0113 e. The number of likely N-dealkylation sites (tertiary alicyclic amines) is 1. The van der Waals surface area contributed by atoms with Crippen LogP contribution in [0.3, 0.4) is 0 Å². The Morgan fingerprint density at radius 3 is 2.43 bits per heavy atom. The number of nitrogens with zero attached hydrogens (tertiary/aromatic N) is 2. The lowest BCUT2D eigenvalue weighted by Gasteiger charge is -2.24. The fraction of sp³-hybridized carbons (Fsp3) is 1.00. The van der Waals surface area contributed by atoms with Crippen LogP contribution >= 0.6 is 0 Å². The van der Waals surface area contributed by atoms with Gasteiger partial charge in [-0.25, -0.2) is 0 Å². The van der Waals surface area contributed by atoms with Crippen molar-refractivity contribution in [3.05, 3.63) is 0 Å². The van der Waals surface area contributed by atoms with Gasteiger partial charge in [0.05, 0.1) is 0 Å². The molecule has 0 aromatic carbocycles. The second kappa shape index (κ2) is 5.10. The molecule has 0 atom stereocenters. The van der Waals surface area contributed by atoms with Crippen LogP contribution in [0.15, 0.2) is 0 Å². The van der Waals surface area contributed by atoms with Crippen LogP contribution in [-0.2, 0) is 0 Å². The molecule has 2 N–H and O–H groups in total. The van der Waals surface area contributed by atoms with Crippen LogP contribution < -0.4 is 5.73 Å². The molecular formula is C11H23N3. The molecule has 0 amide bonds. The van der Waals surface area contributed by atoms with Gasteiger partial charge in [0.25, 0.3) is 0 Å². The van der Waals surface area contributed by atoms with Gasteiger partial charge in [-0.3, -0.25) is 4.90 Å². The third-order valence-corrected chi connectivity index (χ3v) is 3.38. The van der Waals surface area contributed by atoms with Crippen LogP contribution in [0.4, 0.5) is 0 Å². The van der Waals surface area contributed by atoms with Crippen LogP contribution in [0.2, 0.25) is 0 Å². The van der Waals surface area contributed by atoms with E-state index in [0.717, 1.165) is 19.1 Å². The molecule has 0 unspecified atom stereocenters. The number of hydrogen-bond acceptors (Lipinski definition) is 3. The molecule has 0 spiro atoms. The largest absolute Gasteiger partial charge is 0.329 e. The Labute approximate surface area is 87.2 Å². The van der Waals surface area contributed by atoms with E-state index in [2.05, 4.69) is 9.80 Å². The van der Waals surface area contributed by atoms with Crippen molar-refractivity contribution in [1.82, 2.24) is 9.80 Å². The minimum Gasteiger partial charge on any atom is -0.329 e. The quantitative estimate of drug-likeness (QED) is 0.673. The average molecular weight is 197 g/mol. The molecule has 3 nitrogen and oxygen atoms in total. The van der Waals surface area contributed by atoms with E-state index >= 15 is 0 Å². The first-order chi connectivity index (χ1) is 6.90. The molecule has 2 rings (SSSR count). The zero-order valence-corrected chi connectivity index (χ0v) is 9.12. The van der Waals surface area contributed by atoms with Gasteiger partial charge in [-0.2, -0.15) is 0 Å². The minimum atomic E-state index is 0.816. The van der Waals surface area contributed by atoms with Gasteiger partial charge in [0.2, 0.25) is 0 Å². The molecule has 1 aliphatic heterocycles. The van der Waals surface area contributed by atoms with Crippen molar-refractivity contribution in [2.24, 2.45) is 5.73 Å². The summed E-state index contributed by atoms with van der Waals surface area (Å²) in [6.07, 6.45) is 5.61. The highest BCUT2D eigenvalue weighted by Gasteiger charge is 2.28. The summed E-state index contributed by atoms with van der Waals surface area (Å²) < 4.78 is 0. The van der Waals surface area contributed by atoms with Crippen molar-refractivity contribution in [3.8, 4) is 0 Å². The third-order valence-electron chi connectivity index (χ3n) is 3.38. The van der Waals surface area contributed by atoms with Crippen molar-refractivity contribution in [2.75, 3.05) is 39.3 Å². The smallest absolute Gasteiger partial charge is 0.0113 e. The molecule has 82 valence electrons. The van der Waals surface area contributed by atoms with Gasteiger partial charge in [-0.15, -0.1) is 0 Å². The summed E-state index contributed by atoms with van der Waals surface area (Å²) >= 11 is 0. The van der Waals surface area contributed by atoms with Crippen LogP contribution in [-0.4, -0.2) is 55.1 Å². The summed E-state index contributed by atoms with van der Waals surface area (Å²) in [5.41, 5.74) is 5.62. The van der Waals surface area contributed by atoms with Crippen molar-refractivity contribution in [2.45, 2.75) is 31.7 Å². The zero-order valence-electron chi connectivity index (χ0n) is 9.12. The summed E-state index contributed by atoms with van der Waals surface area (Å²) in [6.45, 7) is 7.05. The Kier molecular flexibility index (Phi) is 3.79. The van der Waals surface area contributed by atoms with Gasteiger partial charge in [-0.05, 0) is 38.8 Å². The summed E-state index contributed by atoms with van der Waals surface area (Å²) in [5, 5.41) is 0. The minimum absolute atomic E-state index is 0.816. The van der Waals surface area contributed by atoms with Crippen molar-refractivity contribution >= 4 is 0 Å². The Bertz CT molecular complexity index is 162. The molecule has 2 fully saturated rings. The van der Waals surface area contributed by atoms with E-state index in [1.807, 2.05) is 0 Å². The molecule has 0 bridgehead atoms. The number of hydrogen-bond donors (Lipinski definition) is 1. The topological polar surface area (TPSA) is 32.5 Å². The maximum absolute atomic E-state index is 5.62. The molecule has 1 saturated heterocycles. The van der Waals surface area contributed by atoms with Gasteiger partial charge in [0, 0.05) is 32.2 Å². The molecule has 3 heteroatoms. The zero-order chi connectivity index (χ0) is 9.80. The predicted molar refractivity (Wildman–Crippen MR) is 59.3 cm³/mol. The highest BCUT2D eigenvalue weighted by Crippen LogP contribution is 2.26. The van der Waals surface area contributed by atoms with Gasteiger partial charge < -0.3 is 10.6 Å². The molecule has 0 aromatic heterocycles. The fourth-order valence-corrected chi connectivity index (χ4v) is 2.36. The van der Waals surface area contributed by atoms with Crippen molar-refractivity contribution in [3.63, 3.8) is 0 Å². The van der Waals surface area contributed by atoms with E-state index in [0.29, 0.717) is 0 Å². The molecule has 14 heavy (non-hydrogen) atoms. The molecule has 1 saturated carbocycles. The fourth-order valence-electron chi connectivity index (χ4n) is 2.36. The van der Waals surface area contributed by atoms with E-state index < -0.39 is 0 Å². The standard InChI is InChI=1S/C11H23N3/c12-5-8-14(11-3-4-11)10-9-13-6-1-2-7-13/h11H,1-10,12H2. The summed E-state index contributed by atoms with van der Waals surface area (Å²) in [5.74, 6) is 0. The first-order valence-corrected chi connectivity index (χ1v) is 6.06. The van der Waals surface area contributed by atoms with E-state index in [1.165, 1.54) is 51.9 Å².